The lowest BCUT2D eigenvalue weighted by molar-refractivity contribution is 0.146. The molecule has 0 aliphatic rings. The molecule has 0 unspecified atom stereocenters. The zero-order valence-electron chi connectivity index (χ0n) is 6.48. The van der Waals surface area contributed by atoms with E-state index in [2.05, 4.69) is 0 Å². The Kier molecular flexibility index (Phi) is 2.87. The molecule has 0 aliphatic carbocycles. The van der Waals surface area contributed by atoms with Crippen LogP contribution >= 0.6 is 11.6 Å². The summed E-state index contributed by atoms with van der Waals surface area (Å²) in [6.45, 7) is 0. The maximum Gasteiger partial charge on any atom is 0.278 e. The van der Waals surface area contributed by atoms with Crippen LogP contribution in [0.2, 0.25) is 0 Å². The molecule has 1 aromatic rings. The first-order chi connectivity index (χ1) is 6.06. The molecule has 0 aromatic carbocycles. The standard InChI is InChI=1S/C7H7ClF2N2O/c8-2-3-1-4(6(9)10)12-7(13)5(3)11/h1,6H,2,11H2,(H,12,13). The van der Waals surface area contributed by atoms with Crippen LogP contribution in [0.3, 0.4) is 0 Å². The van der Waals surface area contributed by atoms with E-state index in [0.29, 0.717) is 0 Å². The quantitative estimate of drug-likeness (QED) is 0.726. The fourth-order valence-electron chi connectivity index (χ4n) is 0.874. The molecule has 0 atom stereocenters. The van der Waals surface area contributed by atoms with E-state index in [1.807, 2.05) is 4.98 Å². The summed E-state index contributed by atoms with van der Waals surface area (Å²) in [5, 5.41) is 0. The van der Waals surface area contributed by atoms with Crippen molar-refractivity contribution in [2.45, 2.75) is 12.3 Å². The predicted molar refractivity (Wildman–Crippen MR) is 46.0 cm³/mol. The molecule has 13 heavy (non-hydrogen) atoms. The van der Waals surface area contributed by atoms with Gasteiger partial charge in [-0.25, -0.2) is 8.78 Å². The zero-order chi connectivity index (χ0) is 10.0. The maximum absolute atomic E-state index is 12.1. The highest BCUT2D eigenvalue weighted by Gasteiger charge is 2.12. The van der Waals surface area contributed by atoms with E-state index in [4.69, 9.17) is 17.3 Å². The summed E-state index contributed by atoms with van der Waals surface area (Å²) >= 11 is 5.40. The second-order valence-electron chi connectivity index (χ2n) is 2.43. The van der Waals surface area contributed by atoms with Gasteiger partial charge in [-0.2, -0.15) is 0 Å². The number of nitrogen functional groups attached to an aromatic ring is 1. The molecule has 3 nitrogen and oxygen atoms in total. The lowest BCUT2D eigenvalue weighted by atomic mass is 10.2. The number of hydrogen-bond acceptors (Lipinski definition) is 2. The van der Waals surface area contributed by atoms with E-state index in [1.54, 1.807) is 0 Å². The molecule has 72 valence electrons. The van der Waals surface area contributed by atoms with Crippen molar-refractivity contribution in [3.05, 3.63) is 27.7 Å². The lowest BCUT2D eigenvalue weighted by Crippen LogP contribution is -2.16. The van der Waals surface area contributed by atoms with Gasteiger partial charge in [0.2, 0.25) is 0 Å². The van der Waals surface area contributed by atoms with Gasteiger partial charge >= 0.3 is 0 Å². The van der Waals surface area contributed by atoms with Gasteiger partial charge in [0.05, 0.1) is 5.69 Å². The van der Waals surface area contributed by atoms with Gasteiger partial charge in [0, 0.05) is 5.88 Å². The third-order valence-electron chi connectivity index (χ3n) is 1.56. The van der Waals surface area contributed by atoms with Crippen molar-refractivity contribution in [1.82, 2.24) is 4.98 Å². The summed E-state index contributed by atoms with van der Waals surface area (Å²) < 4.78 is 24.3. The first-order valence-corrected chi connectivity index (χ1v) is 3.95. The Morgan fingerprint density at radius 2 is 2.23 bits per heavy atom. The van der Waals surface area contributed by atoms with Crippen LogP contribution in [-0.4, -0.2) is 4.98 Å². The smallest absolute Gasteiger partial charge is 0.278 e. The summed E-state index contributed by atoms with van der Waals surface area (Å²) in [6, 6.07) is 1.09. The number of aromatic amines is 1. The van der Waals surface area contributed by atoms with Crippen LogP contribution in [-0.2, 0) is 5.88 Å². The first-order valence-electron chi connectivity index (χ1n) is 3.42. The van der Waals surface area contributed by atoms with Gasteiger partial charge in [-0.15, -0.1) is 11.6 Å². The van der Waals surface area contributed by atoms with Gasteiger partial charge < -0.3 is 10.7 Å². The Labute approximate surface area is 77.5 Å². The van der Waals surface area contributed by atoms with Crippen molar-refractivity contribution < 1.29 is 8.78 Å². The molecule has 0 fully saturated rings. The molecule has 0 amide bonds. The topological polar surface area (TPSA) is 58.9 Å². The Hall–Kier alpha value is -1.10. The van der Waals surface area contributed by atoms with E-state index < -0.39 is 17.7 Å². The fraction of sp³-hybridized carbons (Fsp3) is 0.286. The van der Waals surface area contributed by atoms with Gasteiger partial charge in [-0.05, 0) is 11.6 Å². The third-order valence-corrected chi connectivity index (χ3v) is 1.85. The van der Waals surface area contributed by atoms with E-state index in [0.717, 1.165) is 6.07 Å². The van der Waals surface area contributed by atoms with Gasteiger partial charge in [0.25, 0.3) is 12.0 Å². The number of nitrogens with one attached hydrogen (secondary N) is 1. The fourth-order valence-corrected chi connectivity index (χ4v) is 1.10. The van der Waals surface area contributed by atoms with Gasteiger partial charge in [0.1, 0.15) is 5.69 Å². The Morgan fingerprint density at radius 1 is 1.62 bits per heavy atom. The molecule has 1 rings (SSSR count). The van der Waals surface area contributed by atoms with Crippen molar-refractivity contribution in [3.8, 4) is 0 Å². The number of H-pyrrole nitrogens is 1. The molecule has 0 aliphatic heterocycles. The first kappa shape index (κ1) is 9.98. The van der Waals surface area contributed by atoms with Gasteiger partial charge in [-0.1, -0.05) is 0 Å². The molecule has 0 saturated heterocycles. The molecule has 0 radical (unpaired) electrons. The van der Waals surface area contributed by atoms with Crippen LogP contribution in [0.1, 0.15) is 17.7 Å². The lowest BCUT2D eigenvalue weighted by Gasteiger charge is -2.04. The monoisotopic (exact) mass is 208 g/mol. The highest BCUT2D eigenvalue weighted by molar-refractivity contribution is 6.17. The summed E-state index contributed by atoms with van der Waals surface area (Å²) in [5.41, 5.74) is 4.21. The van der Waals surface area contributed by atoms with Crippen LogP contribution in [0.15, 0.2) is 10.9 Å². The van der Waals surface area contributed by atoms with Crippen LogP contribution in [0.5, 0.6) is 0 Å². The van der Waals surface area contributed by atoms with E-state index in [-0.39, 0.29) is 17.1 Å². The summed E-state index contributed by atoms with van der Waals surface area (Å²) in [6.07, 6.45) is -2.73. The molecule has 3 N–H and O–H groups in total. The minimum absolute atomic E-state index is 0.0600. The third kappa shape index (κ3) is 1.98. The molecular formula is C7H7ClF2N2O. The van der Waals surface area contributed by atoms with Crippen LogP contribution in [0, 0.1) is 0 Å². The van der Waals surface area contributed by atoms with E-state index >= 15 is 0 Å². The number of pyridine rings is 1. The molecule has 1 heterocycles. The number of hydrogen-bond donors (Lipinski definition) is 2. The van der Waals surface area contributed by atoms with E-state index in [9.17, 15) is 13.6 Å². The average molecular weight is 209 g/mol. The highest BCUT2D eigenvalue weighted by atomic mass is 35.5. The van der Waals surface area contributed by atoms with Crippen molar-refractivity contribution >= 4 is 17.3 Å². The average Bonchev–Trinajstić information content (AvgIpc) is 2.09. The minimum atomic E-state index is -2.73. The Balaban J connectivity index is 3.31. The number of nitrogens with two attached hydrogens (primary N) is 1. The number of anilines is 1. The largest absolute Gasteiger partial charge is 0.394 e. The second-order valence-corrected chi connectivity index (χ2v) is 2.69. The normalized spacial score (nSPS) is 10.8. The Morgan fingerprint density at radius 3 is 2.69 bits per heavy atom. The van der Waals surface area contributed by atoms with Crippen molar-refractivity contribution in [3.63, 3.8) is 0 Å². The van der Waals surface area contributed by atoms with Crippen molar-refractivity contribution in [2.24, 2.45) is 0 Å². The Bertz CT molecular complexity index is 364. The highest BCUT2D eigenvalue weighted by Crippen LogP contribution is 2.18. The number of rotatable bonds is 2. The van der Waals surface area contributed by atoms with Crippen LogP contribution in [0.4, 0.5) is 14.5 Å². The molecule has 0 bridgehead atoms. The maximum atomic E-state index is 12.1. The van der Waals surface area contributed by atoms with Gasteiger partial charge in [0.15, 0.2) is 0 Å². The molecule has 6 heteroatoms. The van der Waals surface area contributed by atoms with E-state index in [1.165, 1.54) is 0 Å². The summed E-state index contributed by atoms with van der Waals surface area (Å²) in [7, 11) is 0. The van der Waals surface area contributed by atoms with Gasteiger partial charge in [-0.3, -0.25) is 4.79 Å². The zero-order valence-corrected chi connectivity index (χ0v) is 7.24. The second kappa shape index (κ2) is 3.74. The van der Waals surface area contributed by atoms with Crippen molar-refractivity contribution in [1.29, 1.82) is 0 Å². The molecule has 0 saturated carbocycles. The number of alkyl halides is 3. The molecule has 1 aromatic heterocycles. The SMILES string of the molecule is Nc1c(CCl)cc(C(F)F)[nH]c1=O. The number of halogens is 3. The molecular weight excluding hydrogens is 202 g/mol. The van der Waals surface area contributed by atoms with Crippen LogP contribution < -0.4 is 11.3 Å². The van der Waals surface area contributed by atoms with Crippen molar-refractivity contribution in [2.75, 3.05) is 5.73 Å². The summed E-state index contributed by atoms with van der Waals surface area (Å²) in [4.78, 5) is 12.9. The summed E-state index contributed by atoms with van der Waals surface area (Å²) in [5.74, 6) is -0.0600. The predicted octanol–water partition coefficient (Wildman–Crippen LogP) is 1.63. The number of aromatic nitrogens is 1. The molecule has 0 spiro atoms. The minimum Gasteiger partial charge on any atom is -0.394 e. The van der Waals surface area contributed by atoms with Crippen LogP contribution in [0.25, 0.3) is 0 Å².